The van der Waals surface area contributed by atoms with E-state index >= 15 is 0 Å². The van der Waals surface area contributed by atoms with Crippen LogP contribution in [0.15, 0.2) is 24.3 Å². The fraction of sp³-hybridized carbons (Fsp3) is 0.533. The molecule has 1 aromatic rings. The lowest BCUT2D eigenvalue weighted by atomic mass is 10.1. The van der Waals surface area contributed by atoms with Crippen molar-refractivity contribution in [2.45, 2.75) is 38.1 Å². The van der Waals surface area contributed by atoms with E-state index in [1.165, 1.54) is 19.3 Å². The second-order valence-electron chi connectivity index (χ2n) is 5.00. The van der Waals surface area contributed by atoms with Gasteiger partial charge in [-0.15, -0.1) is 0 Å². The average Bonchev–Trinajstić information content (AvgIpc) is 2.45. The molecule has 0 aliphatic carbocycles. The Labute approximate surface area is 113 Å². The van der Waals surface area contributed by atoms with E-state index in [4.69, 9.17) is 9.84 Å². The van der Waals surface area contributed by atoms with E-state index in [1.54, 1.807) is 0 Å². The zero-order chi connectivity index (χ0) is 13.5. The molecule has 1 unspecified atom stereocenters. The third-order valence-electron chi connectivity index (χ3n) is 3.41. The number of rotatable bonds is 6. The number of hydrogen-bond acceptors (Lipinski definition) is 3. The van der Waals surface area contributed by atoms with Crippen molar-refractivity contribution in [1.29, 1.82) is 0 Å². The van der Waals surface area contributed by atoms with Crippen molar-refractivity contribution in [2.24, 2.45) is 0 Å². The lowest BCUT2D eigenvalue weighted by Crippen LogP contribution is -2.38. The molecule has 4 heteroatoms. The van der Waals surface area contributed by atoms with Crippen LogP contribution < -0.4 is 10.1 Å². The van der Waals surface area contributed by atoms with Crippen molar-refractivity contribution >= 4 is 5.97 Å². The molecule has 0 radical (unpaired) electrons. The zero-order valence-electron chi connectivity index (χ0n) is 11.1. The Balaban J connectivity index is 1.76. The number of carboxylic acid groups (broad SMARTS) is 1. The van der Waals surface area contributed by atoms with Gasteiger partial charge in [0, 0.05) is 12.5 Å². The normalized spacial score (nSPS) is 19.1. The Morgan fingerprint density at radius 3 is 2.74 bits per heavy atom. The Kier molecular flexibility index (Phi) is 5.21. The number of hydrogen-bond donors (Lipinski definition) is 2. The molecule has 1 aliphatic heterocycles. The van der Waals surface area contributed by atoms with E-state index in [1.807, 2.05) is 24.3 Å². The molecule has 1 atom stereocenters. The smallest absolute Gasteiger partial charge is 0.303 e. The molecule has 1 fully saturated rings. The second-order valence-corrected chi connectivity index (χ2v) is 5.00. The van der Waals surface area contributed by atoms with Crippen LogP contribution in [0.25, 0.3) is 0 Å². The van der Waals surface area contributed by atoms with Crippen LogP contribution in [0, 0.1) is 0 Å². The molecule has 1 aromatic carbocycles. The molecule has 1 aliphatic rings. The third-order valence-corrected chi connectivity index (χ3v) is 3.41. The lowest BCUT2D eigenvalue weighted by molar-refractivity contribution is -0.136. The summed E-state index contributed by atoms with van der Waals surface area (Å²) in [5.41, 5.74) is 1.03. The van der Waals surface area contributed by atoms with Crippen LogP contribution in [0.5, 0.6) is 5.75 Å². The number of benzene rings is 1. The number of carbonyl (C=O) groups is 1. The minimum Gasteiger partial charge on any atom is -0.492 e. The Morgan fingerprint density at radius 2 is 2.11 bits per heavy atom. The second kappa shape index (κ2) is 7.14. The summed E-state index contributed by atoms with van der Waals surface area (Å²) < 4.78 is 5.75. The van der Waals surface area contributed by atoms with E-state index < -0.39 is 5.97 Å². The molecule has 0 saturated carbocycles. The van der Waals surface area contributed by atoms with Gasteiger partial charge in [0.25, 0.3) is 0 Å². The number of nitrogens with one attached hydrogen (secondary N) is 1. The van der Waals surface area contributed by atoms with Gasteiger partial charge in [-0.1, -0.05) is 18.6 Å². The third kappa shape index (κ3) is 4.91. The van der Waals surface area contributed by atoms with Crippen molar-refractivity contribution in [3.05, 3.63) is 29.8 Å². The summed E-state index contributed by atoms with van der Waals surface area (Å²) in [5, 5.41) is 12.1. The minimum absolute atomic E-state index is 0.173. The van der Waals surface area contributed by atoms with Crippen LogP contribution in [0.1, 0.15) is 31.2 Å². The van der Waals surface area contributed by atoms with Crippen molar-refractivity contribution in [2.75, 3.05) is 13.2 Å². The van der Waals surface area contributed by atoms with E-state index in [0.717, 1.165) is 17.9 Å². The average molecular weight is 263 g/mol. The first-order valence-electron chi connectivity index (χ1n) is 6.91. The maximum absolute atomic E-state index is 10.5. The van der Waals surface area contributed by atoms with Crippen LogP contribution in [-0.2, 0) is 11.2 Å². The van der Waals surface area contributed by atoms with Crippen LogP contribution in [0.4, 0.5) is 0 Å². The van der Waals surface area contributed by atoms with Crippen molar-refractivity contribution in [3.63, 3.8) is 0 Å². The molecule has 4 nitrogen and oxygen atoms in total. The molecule has 2 rings (SSSR count). The zero-order valence-corrected chi connectivity index (χ0v) is 11.1. The highest BCUT2D eigenvalue weighted by Crippen LogP contribution is 2.15. The van der Waals surface area contributed by atoms with Crippen LogP contribution in [0.2, 0.25) is 0 Å². The first-order chi connectivity index (χ1) is 9.24. The minimum atomic E-state index is -0.760. The van der Waals surface area contributed by atoms with E-state index in [2.05, 4.69) is 5.32 Å². The molecule has 104 valence electrons. The maximum atomic E-state index is 10.5. The number of ether oxygens (including phenoxy) is 1. The molecule has 1 heterocycles. The molecule has 0 aromatic heterocycles. The Bertz CT molecular complexity index is 396. The van der Waals surface area contributed by atoms with Gasteiger partial charge in [-0.25, -0.2) is 0 Å². The van der Waals surface area contributed by atoms with Gasteiger partial charge in [-0.05, 0) is 43.5 Å². The molecular formula is C15H21NO3. The summed E-state index contributed by atoms with van der Waals surface area (Å²) in [6, 6.07) is 8.17. The molecule has 19 heavy (non-hydrogen) atoms. The van der Waals surface area contributed by atoms with Crippen molar-refractivity contribution in [1.82, 2.24) is 5.32 Å². The highest BCUT2D eigenvalue weighted by Gasteiger charge is 2.12. The van der Waals surface area contributed by atoms with Gasteiger partial charge in [0.1, 0.15) is 12.4 Å². The molecule has 0 spiro atoms. The predicted octanol–water partition coefficient (Wildman–Crippen LogP) is 2.22. The van der Waals surface area contributed by atoms with E-state index in [9.17, 15) is 4.79 Å². The number of aryl methyl sites for hydroxylation is 1. The highest BCUT2D eigenvalue weighted by atomic mass is 16.5. The molecule has 2 N–H and O–H groups in total. The fourth-order valence-electron chi connectivity index (χ4n) is 2.27. The van der Waals surface area contributed by atoms with E-state index in [0.29, 0.717) is 19.1 Å². The molecule has 0 bridgehead atoms. The Hall–Kier alpha value is -1.55. The van der Waals surface area contributed by atoms with Gasteiger partial charge in [-0.2, -0.15) is 0 Å². The largest absolute Gasteiger partial charge is 0.492 e. The summed E-state index contributed by atoms with van der Waals surface area (Å²) in [6.45, 7) is 1.79. The first kappa shape index (κ1) is 13.9. The lowest BCUT2D eigenvalue weighted by Gasteiger charge is -2.23. The van der Waals surface area contributed by atoms with Gasteiger partial charge >= 0.3 is 5.97 Å². The molecule has 1 saturated heterocycles. The van der Waals surface area contributed by atoms with Crippen LogP contribution >= 0.6 is 0 Å². The van der Waals surface area contributed by atoms with Crippen molar-refractivity contribution < 1.29 is 14.6 Å². The quantitative estimate of drug-likeness (QED) is 0.826. The number of aliphatic carboxylic acids is 1. The maximum Gasteiger partial charge on any atom is 0.303 e. The first-order valence-corrected chi connectivity index (χ1v) is 6.91. The monoisotopic (exact) mass is 263 g/mol. The van der Waals surface area contributed by atoms with Gasteiger partial charge < -0.3 is 15.2 Å². The standard InChI is InChI=1S/C15H21NO3/c17-15(18)9-6-12-4-7-14(8-5-12)19-11-13-3-1-2-10-16-13/h4-5,7-8,13,16H,1-3,6,9-11H2,(H,17,18). The summed E-state index contributed by atoms with van der Waals surface area (Å²) in [5.74, 6) is 0.0927. The van der Waals surface area contributed by atoms with Crippen LogP contribution in [0.3, 0.4) is 0 Å². The molecule has 0 amide bonds. The van der Waals surface area contributed by atoms with Gasteiger partial charge in [-0.3, -0.25) is 4.79 Å². The van der Waals surface area contributed by atoms with Crippen LogP contribution in [-0.4, -0.2) is 30.3 Å². The topological polar surface area (TPSA) is 58.6 Å². The fourth-order valence-corrected chi connectivity index (χ4v) is 2.27. The number of piperidine rings is 1. The van der Waals surface area contributed by atoms with Gasteiger partial charge in [0.05, 0.1) is 0 Å². The predicted molar refractivity (Wildman–Crippen MR) is 73.5 cm³/mol. The number of carboxylic acids is 1. The summed E-state index contributed by atoms with van der Waals surface area (Å²) in [6.07, 6.45) is 4.45. The van der Waals surface area contributed by atoms with E-state index in [-0.39, 0.29) is 6.42 Å². The van der Waals surface area contributed by atoms with Crippen molar-refractivity contribution in [3.8, 4) is 5.75 Å². The molecular weight excluding hydrogens is 242 g/mol. The Morgan fingerprint density at radius 1 is 1.32 bits per heavy atom. The SMILES string of the molecule is O=C(O)CCc1ccc(OCC2CCCCN2)cc1. The van der Waals surface area contributed by atoms with Gasteiger partial charge in [0.2, 0.25) is 0 Å². The van der Waals surface area contributed by atoms with Gasteiger partial charge in [0.15, 0.2) is 0 Å². The summed E-state index contributed by atoms with van der Waals surface area (Å²) >= 11 is 0. The highest BCUT2D eigenvalue weighted by molar-refractivity contribution is 5.67. The summed E-state index contributed by atoms with van der Waals surface area (Å²) in [4.78, 5) is 10.5. The summed E-state index contributed by atoms with van der Waals surface area (Å²) in [7, 11) is 0.